The van der Waals surface area contributed by atoms with Crippen LogP contribution >= 0.6 is 0 Å². The maximum Gasteiger partial charge on any atom is 0.229 e. The van der Waals surface area contributed by atoms with E-state index in [1.54, 1.807) is 13.3 Å². The van der Waals surface area contributed by atoms with E-state index in [0.29, 0.717) is 30.5 Å². The molecule has 0 bridgehead atoms. The minimum atomic E-state index is 0.409. The Kier molecular flexibility index (Phi) is 8.42. The van der Waals surface area contributed by atoms with E-state index in [1.807, 2.05) is 55.5 Å². The number of nitrogens with one attached hydrogen (secondary N) is 1. The van der Waals surface area contributed by atoms with Gasteiger partial charge in [0, 0.05) is 32.2 Å². The molecule has 0 atom stereocenters. The van der Waals surface area contributed by atoms with Crippen molar-refractivity contribution < 1.29 is 14.2 Å². The number of rotatable bonds is 11. The van der Waals surface area contributed by atoms with E-state index >= 15 is 0 Å². The van der Waals surface area contributed by atoms with Gasteiger partial charge in [0.05, 0.1) is 13.3 Å². The quantitative estimate of drug-likeness (QED) is 0.219. The third-order valence-corrected chi connectivity index (χ3v) is 6.79. The summed E-state index contributed by atoms with van der Waals surface area (Å²) in [6.07, 6.45) is 6.51. The highest BCUT2D eigenvalue weighted by Crippen LogP contribution is 2.28. The van der Waals surface area contributed by atoms with Gasteiger partial charge in [-0.1, -0.05) is 18.2 Å². The van der Waals surface area contributed by atoms with Crippen molar-refractivity contribution >= 4 is 23.8 Å². The molecule has 0 saturated carbocycles. The maximum absolute atomic E-state index is 5.91. The average molecular weight is 517 g/mol. The van der Waals surface area contributed by atoms with Gasteiger partial charge < -0.3 is 24.0 Å². The Morgan fingerprint density at radius 3 is 2.29 bits per heavy atom. The predicted octanol–water partition coefficient (Wildman–Crippen LogP) is 4.90. The zero-order valence-corrected chi connectivity index (χ0v) is 22.2. The molecule has 2 saturated heterocycles. The first kappa shape index (κ1) is 25.6. The first-order valence-electron chi connectivity index (χ1n) is 13.4. The second kappa shape index (κ2) is 12.5. The monoisotopic (exact) mass is 516 g/mol. The van der Waals surface area contributed by atoms with Crippen molar-refractivity contribution in [3.05, 3.63) is 59.7 Å². The van der Waals surface area contributed by atoms with Crippen molar-refractivity contribution in [2.45, 2.75) is 32.6 Å². The molecular weight excluding hydrogens is 480 g/mol. The number of ether oxygens (including phenoxy) is 3. The summed E-state index contributed by atoms with van der Waals surface area (Å²) in [5, 5.41) is 4.45. The standard InChI is InChI=1S/C29H36N6O3/c1-22-9-3-4-10-24(22)37-17-18-38-25-12-11-23(19-26(25)36-2)21-30-33-27-20-28(34-13-5-6-14-34)32-29(31-27)35-15-7-8-16-35/h3-4,9-12,19-21H,5-8,13-18H2,1-2H3,(H,31,32,33)/b30-21+. The van der Waals surface area contributed by atoms with Crippen LogP contribution in [0.4, 0.5) is 17.6 Å². The van der Waals surface area contributed by atoms with Crippen LogP contribution in [0.2, 0.25) is 0 Å². The van der Waals surface area contributed by atoms with Crippen molar-refractivity contribution in [1.82, 2.24) is 9.97 Å². The highest BCUT2D eigenvalue weighted by molar-refractivity contribution is 5.81. The van der Waals surface area contributed by atoms with Crippen LogP contribution in [0.15, 0.2) is 53.6 Å². The molecule has 1 N–H and O–H groups in total. The van der Waals surface area contributed by atoms with E-state index < -0.39 is 0 Å². The highest BCUT2D eigenvalue weighted by atomic mass is 16.5. The Hall–Kier alpha value is -4.01. The smallest absolute Gasteiger partial charge is 0.229 e. The van der Waals surface area contributed by atoms with Crippen LogP contribution in [0.5, 0.6) is 17.2 Å². The van der Waals surface area contributed by atoms with Gasteiger partial charge in [-0.15, -0.1) is 0 Å². The van der Waals surface area contributed by atoms with Gasteiger partial charge in [-0.25, -0.2) is 0 Å². The molecule has 3 heterocycles. The fraction of sp³-hybridized carbons (Fsp3) is 0.414. The molecule has 200 valence electrons. The van der Waals surface area contributed by atoms with E-state index in [0.717, 1.165) is 54.8 Å². The first-order chi connectivity index (χ1) is 18.7. The SMILES string of the molecule is COc1cc(/C=N/Nc2cc(N3CCCC3)nc(N3CCCC3)n2)ccc1OCCOc1ccccc1C. The minimum Gasteiger partial charge on any atom is -0.493 e. The Labute approximate surface area is 224 Å². The van der Waals surface area contributed by atoms with Crippen LogP contribution in [0.3, 0.4) is 0 Å². The molecule has 0 amide bonds. The topological polar surface area (TPSA) is 84.3 Å². The van der Waals surface area contributed by atoms with E-state index in [9.17, 15) is 0 Å². The zero-order chi connectivity index (χ0) is 26.2. The highest BCUT2D eigenvalue weighted by Gasteiger charge is 2.20. The summed E-state index contributed by atoms with van der Waals surface area (Å²) in [4.78, 5) is 14.2. The summed E-state index contributed by atoms with van der Waals surface area (Å²) < 4.78 is 17.3. The van der Waals surface area contributed by atoms with Gasteiger partial charge >= 0.3 is 0 Å². The molecule has 0 spiro atoms. The van der Waals surface area contributed by atoms with Crippen LogP contribution in [0.25, 0.3) is 0 Å². The lowest BCUT2D eigenvalue weighted by Crippen LogP contribution is -2.24. The van der Waals surface area contributed by atoms with Gasteiger partial charge in [-0.2, -0.15) is 15.1 Å². The number of para-hydroxylation sites is 1. The molecule has 0 aliphatic carbocycles. The van der Waals surface area contributed by atoms with Gasteiger partial charge in [0.15, 0.2) is 17.3 Å². The third-order valence-electron chi connectivity index (χ3n) is 6.79. The van der Waals surface area contributed by atoms with Crippen molar-refractivity contribution in [2.75, 3.05) is 61.7 Å². The predicted molar refractivity (Wildman–Crippen MR) is 151 cm³/mol. The normalized spacial score (nSPS) is 15.3. The number of aryl methyl sites for hydroxylation is 1. The number of hydrogen-bond acceptors (Lipinski definition) is 9. The molecule has 2 aliphatic rings. The van der Waals surface area contributed by atoms with E-state index in [4.69, 9.17) is 24.2 Å². The fourth-order valence-electron chi connectivity index (χ4n) is 4.72. The lowest BCUT2D eigenvalue weighted by atomic mass is 10.2. The number of benzene rings is 2. The zero-order valence-electron chi connectivity index (χ0n) is 22.2. The molecule has 0 radical (unpaired) electrons. The van der Waals surface area contributed by atoms with E-state index in [1.165, 1.54) is 25.7 Å². The number of anilines is 3. The summed E-state index contributed by atoms with van der Waals surface area (Å²) in [6, 6.07) is 15.6. The van der Waals surface area contributed by atoms with Crippen LogP contribution in [0, 0.1) is 6.92 Å². The summed E-state index contributed by atoms with van der Waals surface area (Å²) >= 11 is 0. The van der Waals surface area contributed by atoms with Gasteiger partial charge in [0.2, 0.25) is 5.95 Å². The molecule has 38 heavy (non-hydrogen) atoms. The number of hydrogen-bond donors (Lipinski definition) is 1. The summed E-state index contributed by atoms with van der Waals surface area (Å²) in [5.41, 5.74) is 5.09. The number of nitrogens with zero attached hydrogens (tertiary/aromatic N) is 5. The number of aromatic nitrogens is 2. The lowest BCUT2D eigenvalue weighted by Gasteiger charge is -2.21. The van der Waals surface area contributed by atoms with Crippen molar-refractivity contribution in [3.63, 3.8) is 0 Å². The van der Waals surface area contributed by atoms with Crippen LogP contribution in [-0.2, 0) is 0 Å². The van der Waals surface area contributed by atoms with Crippen molar-refractivity contribution in [3.8, 4) is 17.2 Å². The summed E-state index contributed by atoms with van der Waals surface area (Å²) in [5.74, 6) is 4.60. The van der Waals surface area contributed by atoms with Gasteiger partial charge in [0.1, 0.15) is 24.8 Å². The Morgan fingerprint density at radius 1 is 0.842 bits per heavy atom. The molecule has 3 aromatic rings. The second-order valence-electron chi connectivity index (χ2n) is 9.54. The Bertz CT molecular complexity index is 1200. The molecule has 1 aromatic heterocycles. The first-order valence-corrected chi connectivity index (χ1v) is 13.4. The lowest BCUT2D eigenvalue weighted by molar-refractivity contribution is 0.210. The van der Waals surface area contributed by atoms with Gasteiger partial charge in [-0.05, 0) is 68.0 Å². The Morgan fingerprint density at radius 2 is 1.55 bits per heavy atom. The van der Waals surface area contributed by atoms with Crippen molar-refractivity contribution in [2.24, 2.45) is 5.10 Å². The third kappa shape index (κ3) is 6.45. The maximum atomic E-state index is 5.91. The molecule has 5 rings (SSSR count). The molecular formula is C29H36N6O3. The molecule has 2 fully saturated rings. The van der Waals surface area contributed by atoms with Gasteiger partial charge in [-0.3, -0.25) is 5.43 Å². The van der Waals surface area contributed by atoms with Crippen LogP contribution in [-0.4, -0.2) is 62.7 Å². The molecule has 2 aliphatic heterocycles. The van der Waals surface area contributed by atoms with Crippen LogP contribution < -0.4 is 29.4 Å². The Balaban J connectivity index is 1.21. The fourth-order valence-corrected chi connectivity index (χ4v) is 4.72. The molecule has 0 unspecified atom stereocenters. The van der Waals surface area contributed by atoms with Gasteiger partial charge in [0.25, 0.3) is 0 Å². The largest absolute Gasteiger partial charge is 0.493 e. The average Bonchev–Trinajstić information content (AvgIpc) is 3.68. The van der Waals surface area contributed by atoms with Crippen molar-refractivity contribution in [1.29, 1.82) is 0 Å². The summed E-state index contributed by atoms with van der Waals surface area (Å²) in [6.45, 7) is 6.94. The number of hydrazone groups is 1. The molecule has 9 nitrogen and oxygen atoms in total. The minimum absolute atomic E-state index is 0.409. The molecule has 9 heteroatoms. The van der Waals surface area contributed by atoms with E-state index in [2.05, 4.69) is 20.3 Å². The second-order valence-corrected chi connectivity index (χ2v) is 9.54. The number of methoxy groups -OCH3 is 1. The molecule has 2 aromatic carbocycles. The van der Waals surface area contributed by atoms with E-state index in [-0.39, 0.29) is 0 Å². The summed E-state index contributed by atoms with van der Waals surface area (Å²) in [7, 11) is 1.63. The van der Waals surface area contributed by atoms with Crippen LogP contribution in [0.1, 0.15) is 36.8 Å².